The summed E-state index contributed by atoms with van der Waals surface area (Å²) >= 11 is 3.34. The summed E-state index contributed by atoms with van der Waals surface area (Å²) in [7, 11) is -3.75. The molecule has 1 aliphatic heterocycles. The molecule has 4 rings (SSSR count). The number of nitrogens with one attached hydrogen (secondary N) is 1. The lowest BCUT2D eigenvalue weighted by Gasteiger charge is -2.36. The maximum atomic E-state index is 13.4. The molecule has 0 radical (unpaired) electrons. The van der Waals surface area contributed by atoms with E-state index in [2.05, 4.69) is 21.2 Å². The van der Waals surface area contributed by atoms with E-state index in [1.165, 1.54) is 4.31 Å². The lowest BCUT2D eigenvalue weighted by atomic mass is 9.92. The Balaban J connectivity index is 1.56. The Morgan fingerprint density at radius 1 is 1.10 bits per heavy atom. The van der Waals surface area contributed by atoms with Gasteiger partial charge in [0.1, 0.15) is 5.76 Å². The molecule has 1 N–H and O–H groups in total. The minimum Gasteiger partial charge on any atom is -0.469 e. The van der Waals surface area contributed by atoms with Gasteiger partial charge in [-0.15, -0.1) is 0 Å². The first-order valence-corrected chi connectivity index (χ1v) is 12.3. The molecule has 8 heteroatoms. The molecule has 0 bridgehead atoms. The Morgan fingerprint density at radius 2 is 1.87 bits per heavy atom. The van der Waals surface area contributed by atoms with Crippen molar-refractivity contribution >= 4 is 31.9 Å². The molecule has 1 atom stereocenters. The number of carbonyl (C=O) groups excluding carboxylic acids is 1. The first-order chi connectivity index (χ1) is 14.9. The average Bonchev–Trinajstić information content (AvgIpc) is 3.27. The zero-order valence-corrected chi connectivity index (χ0v) is 19.2. The molecule has 1 unspecified atom stereocenters. The number of carbonyl (C=O) groups is 1. The number of rotatable bonds is 7. The number of halogens is 1. The van der Waals surface area contributed by atoms with Crippen molar-refractivity contribution in [3.63, 3.8) is 0 Å². The van der Waals surface area contributed by atoms with Gasteiger partial charge in [-0.2, -0.15) is 4.31 Å². The van der Waals surface area contributed by atoms with E-state index in [-0.39, 0.29) is 17.2 Å². The zero-order valence-electron chi connectivity index (χ0n) is 16.8. The molecule has 162 valence electrons. The Kier molecular flexibility index (Phi) is 6.60. The number of benzene rings is 2. The van der Waals surface area contributed by atoms with Crippen LogP contribution in [0.5, 0.6) is 0 Å². The van der Waals surface area contributed by atoms with Gasteiger partial charge >= 0.3 is 0 Å². The van der Waals surface area contributed by atoms with Gasteiger partial charge in [-0.1, -0.05) is 40.2 Å². The van der Waals surface area contributed by atoms with Crippen LogP contribution in [0, 0.1) is 0 Å². The molecule has 0 saturated heterocycles. The van der Waals surface area contributed by atoms with Gasteiger partial charge in [0.15, 0.2) is 0 Å². The van der Waals surface area contributed by atoms with Crippen LogP contribution in [0.2, 0.25) is 0 Å². The SMILES string of the molecule is O=C(CC1c2ccccc2CCN1S(=O)(=O)c1ccc(Br)cc1)NCCc1ccco1. The van der Waals surface area contributed by atoms with Gasteiger partial charge in [0.05, 0.1) is 17.2 Å². The summed E-state index contributed by atoms with van der Waals surface area (Å²) in [4.78, 5) is 13.0. The van der Waals surface area contributed by atoms with Crippen LogP contribution in [0.15, 0.2) is 80.7 Å². The highest BCUT2D eigenvalue weighted by Gasteiger charge is 2.37. The lowest BCUT2D eigenvalue weighted by molar-refractivity contribution is -0.122. The predicted octanol–water partition coefficient (Wildman–Crippen LogP) is 4.08. The van der Waals surface area contributed by atoms with Crippen LogP contribution in [0.4, 0.5) is 0 Å². The number of amides is 1. The van der Waals surface area contributed by atoms with Crippen molar-refractivity contribution in [3.8, 4) is 0 Å². The Hall–Kier alpha value is -2.42. The van der Waals surface area contributed by atoms with Crippen LogP contribution in [0.3, 0.4) is 0 Å². The Labute approximate surface area is 190 Å². The van der Waals surface area contributed by atoms with Gasteiger partial charge in [0.2, 0.25) is 15.9 Å². The van der Waals surface area contributed by atoms with E-state index in [4.69, 9.17) is 4.42 Å². The van der Waals surface area contributed by atoms with E-state index >= 15 is 0 Å². The molecule has 3 aromatic rings. The molecule has 0 aliphatic carbocycles. The fourth-order valence-corrected chi connectivity index (χ4v) is 5.77. The Morgan fingerprint density at radius 3 is 2.61 bits per heavy atom. The second kappa shape index (κ2) is 9.38. The topological polar surface area (TPSA) is 79.6 Å². The first kappa shape index (κ1) is 21.8. The second-order valence-corrected chi connectivity index (χ2v) is 10.2. The van der Waals surface area contributed by atoms with Crippen molar-refractivity contribution in [2.45, 2.75) is 30.2 Å². The van der Waals surface area contributed by atoms with E-state index in [0.717, 1.165) is 21.4 Å². The van der Waals surface area contributed by atoms with Crippen molar-refractivity contribution in [1.29, 1.82) is 0 Å². The van der Waals surface area contributed by atoms with Gasteiger partial charge in [-0.05, 0) is 53.9 Å². The summed E-state index contributed by atoms with van der Waals surface area (Å²) < 4.78 is 34.4. The van der Waals surface area contributed by atoms with E-state index in [1.807, 2.05) is 30.3 Å². The molecule has 1 aromatic heterocycles. The molecule has 1 amide bonds. The molecule has 0 saturated carbocycles. The number of sulfonamides is 1. The number of fused-ring (bicyclic) bond motifs is 1. The van der Waals surface area contributed by atoms with Gasteiger partial charge in [-0.3, -0.25) is 4.79 Å². The summed E-state index contributed by atoms with van der Waals surface area (Å²) in [6.45, 7) is 0.764. The molecule has 0 fully saturated rings. The number of furan rings is 1. The normalized spacial score (nSPS) is 16.6. The van der Waals surface area contributed by atoms with E-state index in [9.17, 15) is 13.2 Å². The summed E-state index contributed by atoms with van der Waals surface area (Å²) in [5.41, 5.74) is 1.97. The Bertz CT molecular complexity index is 1140. The van der Waals surface area contributed by atoms with Crippen LogP contribution in [0.25, 0.3) is 0 Å². The monoisotopic (exact) mass is 502 g/mol. The summed E-state index contributed by atoms with van der Waals surface area (Å²) in [6, 6.07) is 17.4. The van der Waals surface area contributed by atoms with E-state index < -0.39 is 16.1 Å². The van der Waals surface area contributed by atoms with Crippen molar-refractivity contribution in [1.82, 2.24) is 9.62 Å². The zero-order chi connectivity index (χ0) is 21.8. The van der Waals surface area contributed by atoms with Crippen LogP contribution in [0.1, 0.15) is 29.3 Å². The average molecular weight is 503 g/mol. The van der Waals surface area contributed by atoms with Gasteiger partial charge in [0.25, 0.3) is 0 Å². The smallest absolute Gasteiger partial charge is 0.243 e. The van der Waals surface area contributed by atoms with Gasteiger partial charge in [-0.25, -0.2) is 8.42 Å². The van der Waals surface area contributed by atoms with Crippen LogP contribution in [-0.2, 0) is 27.7 Å². The molecular formula is C23H23BrN2O4S. The maximum absolute atomic E-state index is 13.4. The van der Waals surface area contributed by atoms with Crippen molar-refractivity contribution in [3.05, 3.63) is 88.3 Å². The lowest BCUT2D eigenvalue weighted by Crippen LogP contribution is -2.42. The molecule has 2 heterocycles. The third kappa shape index (κ3) is 4.92. The van der Waals surface area contributed by atoms with Gasteiger partial charge in [0, 0.05) is 30.4 Å². The third-order valence-electron chi connectivity index (χ3n) is 5.44. The first-order valence-electron chi connectivity index (χ1n) is 10.1. The molecule has 6 nitrogen and oxygen atoms in total. The van der Waals surface area contributed by atoms with Crippen LogP contribution < -0.4 is 5.32 Å². The summed E-state index contributed by atoms with van der Waals surface area (Å²) in [6.07, 6.45) is 2.86. The minimum absolute atomic E-state index is 0.0604. The quantitative estimate of drug-likeness (QED) is 0.527. The standard InChI is InChI=1S/C23H23BrN2O4S/c24-18-7-9-20(10-8-18)31(28,29)26-14-12-17-4-1-2-6-21(17)22(26)16-23(27)25-13-11-19-5-3-15-30-19/h1-10,15,22H,11-14,16H2,(H,25,27). The largest absolute Gasteiger partial charge is 0.469 e. The highest BCUT2D eigenvalue weighted by molar-refractivity contribution is 9.10. The highest BCUT2D eigenvalue weighted by atomic mass is 79.9. The molecular weight excluding hydrogens is 480 g/mol. The minimum atomic E-state index is -3.75. The number of nitrogens with zero attached hydrogens (tertiary/aromatic N) is 1. The summed E-state index contributed by atoms with van der Waals surface area (Å²) in [5.74, 6) is 0.604. The molecule has 0 spiro atoms. The van der Waals surface area contributed by atoms with Crippen molar-refractivity contribution < 1.29 is 17.6 Å². The second-order valence-electron chi connectivity index (χ2n) is 7.42. The predicted molar refractivity (Wildman–Crippen MR) is 121 cm³/mol. The fourth-order valence-electron chi connectivity index (χ4n) is 3.90. The van der Waals surface area contributed by atoms with Gasteiger partial charge < -0.3 is 9.73 Å². The van der Waals surface area contributed by atoms with E-state index in [1.54, 1.807) is 36.6 Å². The third-order valence-corrected chi connectivity index (χ3v) is 7.89. The van der Waals surface area contributed by atoms with E-state index in [0.29, 0.717) is 25.9 Å². The molecule has 31 heavy (non-hydrogen) atoms. The number of hydrogen-bond acceptors (Lipinski definition) is 4. The van der Waals surface area contributed by atoms with Crippen LogP contribution in [-0.4, -0.2) is 31.7 Å². The molecule has 2 aromatic carbocycles. The van der Waals surface area contributed by atoms with Crippen LogP contribution >= 0.6 is 15.9 Å². The van der Waals surface area contributed by atoms with Crippen molar-refractivity contribution in [2.75, 3.05) is 13.1 Å². The highest BCUT2D eigenvalue weighted by Crippen LogP contribution is 2.36. The van der Waals surface area contributed by atoms with Crippen molar-refractivity contribution in [2.24, 2.45) is 0 Å². The number of hydrogen-bond donors (Lipinski definition) is 1. The fraction of sp³-hybridized carbons (Fsp3) is 0.261. The summed E-state index contributed by atoms with van der Waals surface area (Å²) in [5, 5.41) is 2.89. The maximum Gasteiger partial charge on any atom is 0.243 e. The molecule has 1 aliphatic rings.